The number of anilines is 1. The molecule has 5 nitrogen and oxygen atoms in total. The van der Waals surface area contributed by atoms with Crippen molar-refractivity contribution in [2.45, 2.75) is 52.5 Å². The minimum atomic E-state index is -0.430. The topological polar surface area (TPSA) is 70.1 Å². The van der Waals surface area contributed by atoms with Crippen LogP contribution in [0.5, 0.6) is 0 Å². The molecule has 1 aliphatic carbocycles. The van der Waals surface area contributed by atoms with Gasteiger partial charge in [0.15, 0.2) is 5.69 Å². The van der Waals surface area contributed by atoms with Crippen molar-refractivity contribution in [3.05, 3.63) is 11.5 Å². The Labute approximate surface area is 114 Å². The summed E-state index contributed by atoms with van der Waals surface area (Å²) in [5.41, 5.74) is 6.36. The maximum absolute atomic E-state index is 11.8. The lowest BCUT2D eigenvalue weighted by molar-refractivity contribution is 0.0521. The zero-order valence-electron chi connectivity index (χ0n) is 12.0. The summed E-state index contributed by atoms with van der Waals surface area (Å²) in [5, 5.41) is 0. The molecule has 0 radical (unpaired) electrons. The first-order chi connectivity index (χ1) is 9.06. The Bertz CT molecular complexity index is 462. The van der Waals surface area contributed by atoms with E-state index in [9.17, 15) is 4.79 Å². The highest BCUT2D eigenvalue weighted by Crippen LogP contribution is 2.36. The summed E-state index contributed by atoms with van der Waals surface area (Å²) in [6, 6.07) is 0.290. The zero-order valence-corrected chi connectivity index (χ0v) is 12.0. The van der Waals surface area contributed by atoms with Crippen molar-refractivity contribution in [3.8, 4) is 0 Å². The summed E-state index contributed by atoms with van der Waals surface area (Å²) in [6.45, 7) is 6.17. The predicted molar refractivity (Wildman–Crippen MR) is 74.0 cm³/mol. The van der Waals surface area contributed by atoms with Gasteiger partial charge in [0.25, 0.3) is 0 Å². The van der Waals surface area contributed by atoms with Crippen LogP contribution in [0.4, 0.5) is 5.82 Å². The Morgan fingerprint density at radius 3 is 2.74 bits per heavy atom. The van der Waals surface area contributed by atoms with Crippen molar-refractivity contribution >= 4 is 11.8 Å². The van der Waals surface area contributed by atoms with Crippen LogP contribution >= 0.6 is 0 Å². The fraction of sp³-hybridized carbons (Fsp3) is 0.714. The average molecular weight is 265 g/mol. The number of esters is 1. The molecule has 1 aromatic rings. The molecule has 1 unspecified atom stereocenters. The molecule has 0 aromatic carbocycles. The molecule has 1 heterocycles. The van der Waals surface area contributed by atoms with E-state index in [1.165, 1.54) is 25.7 Å². The molecule has 1 aliphatic rings. The molecule has 0 spiro atoms. The molecule has 1 fully saturated rings. The molecule has 0 saturated heterocycles. The van der Waals surface area contributed by atoms with Crippen LogP contribution in [0.3, 0.4) is 0 Å². The van der Waals surface area contributed by atoms with Gasteiger partial charge >= 0.3 is 5.97 Å². The van der Waals surface area contributed by atoms with Gasteiger partial charge in [-0.15, -0.1) is 0 Å². The van der Waals surface area contributed by atoms with E-state index in [4.69, 9.17) is 10.5 Å². The lowest BCUT2D eigenvalue weighted by Crippen LogP contribution is -2.18. The van der Waals surface area contributed by atoms with Gasteiger partial charge in [0.2, 0.25) is 0 Å². The summed E-state index contributed by atoms with van der Waals surface area (Å²) in [7, 11) is 0. The van der Waals surface area contributed by atoms with Gasteiger partial charge in [-0.1, -0.05) is 12.8 Å². The Hall–Kier alpha value is -1.52. The van der Waals surface area contributed by atoms with E-state index >= 15 is 0 Å². The van der Waals surface area contributed by atoms with Gasteiger partial charge < -0.3 is 15.0 Å². The number of nitrogens with two attached hydrogens (primary N) is 1. The zero-order chi connectivity index (χ0) is 14.0. The van der Waals surface area contributed by atoms with Crippen LogP contribution in [-0.2, 0) is 4.74 Å². The number of aromatic nitrogens is 2. The van der Waals surface area contributed by atoms with E-state index < -0.39 is 5.97 Å². The Morgan fingerprint density at radius 2 is 2.16 bits per heavy atom. The summed E-state index contributed by atoms with van der Waals surface area (Å²) < 4.78 is 6.98. The van der Waals surface area contributed by atoms with Gasteiger partial charge in [-0.25, -0.2) is 9.78 Å². The largest absolute Gasteiger partial charge is 0.461 e. The molecule has 5 heteroatoms. The van der Waals surface area contributed by atoms with E-state index in [0.717, 1.165) is 5.82 Å². The van der Waals surface area contributed by atoms with Crippen molar-refractivity contribution in [3.63, 3.8) is 0 Å². The van der Waals surface area contributed by atoms with E-state index in [-0.39, 0.29) is 11.7 Å². The number of nitrogen functional groups attached to an aromatic ring is 1. The van der Waals surface area contributed by atoms with E-state index in [0.29, 0.717) is 18.3 Å². The number of carbonyl (C=O) groups is 1. The smallest absolute Gasteiger partial charge is 0.360 e. The molecule has 19 heavy (non-hydrogen) atoms. The molecule has 1 atom stereocenters. The van der Waals surface area contributed by atoms with Crippen LogP contribution in [0, 0.1) is 12.8 Å². The third-order valence-corrected chi connectivity index (χ3v) is 4.08. The van der Waals surface area contributed by atoms with Gasteiger partial charge in [0, 0.05) is 6.04 Å². The molecule has 0 amide bonds. The average Bonchev–Trinajstić information content (AvgIpc) is 2.97. The minimum Gasteiger partial charge on any atom is -0.461 e. The van der Waals surface area contributed by atoms with Crippen LogP contribution in [0.25, 0.3) is 0 Å². The molecular formula is C14H23N3O2. The number of hydrogen-bond donors (Lipinski definition) is 1. The third kappa shape index (κ3) is 2.60. The first-order valence-electron chi connectivity index (χ1n) is 7.07. The molecular weight excluding hydrogens is 242 g/mol. The van der Waals surface area contributed by atoms with Gasteiger partial charge in [-0.2, -0.15) is 0 Å². The van der Waals surface area contributed by atoms with Crippen molar-refractivity contribution in [2.24, 2.45) is 5.92 Å². The number of carbonyl (C=O) groups excluding carboxylic acids is 1. The molecule has 2 rings (SSSR count). The van der Waals surface area contributed by atoms with Crippen molar-refractivity contribution < 1.29 is 9.53 Å². The maximum Gasteiger partial charge on any atom is 0.360 e. The number of aryl methyl sites for hydroxylation is 1. The lowest BCUT2D eigenvalue weighted by Gasteiger charge is -2.23. The maximum atomic E-state index is 11.8. The highest BCUT2D eigenvalue weighted by Gasteiger charge is 2.28. The van der Waals surface area contributed by atoms with Crippen molar-refractivity contribution in [1.82, 2.24) is 9.55 Å². The summed E-state index contributed by atoms with van der Waals surface area (Å²) in [6.07, 6.45) is 5.03. The third-order valence-electron chi connectivity index (χ3n) is 4.08. The lowest BCUT2D eigenvalue weighted by atomic mass is 9.99. The SMILES string of the molecule is CCOC(=O)c1nc(C)n(C(C)C2CCCC2)c1N. The van der Waals surface area contributed by atoms with Crippen LogP contribution in [0.15, 0.2) is 0 Å². The van der Waals surface area contributed by atoms with Gasteiger partial charge in [-0.05, 0) is 39.5 Å². The first kappa shape index (κ1) is 13.9. The Morgan fingerprint density at radius 1 is 1.53 bits per heavy atom. The van der Waals surface area contributed by atoms with E-state index in [1.54, 1.807) is 6.92 Å². The predicted octanol–water partition coefficient (Wildman–Crippen LogP) is 2.70. The molecule has 0 aliphatic heterocycles. The van der Waals surface area contributed by atoms with Crippen LogP contribution in [0.2, 0.25) is 0 Å². The number of hydrogen-bond acceptors (Lipinski definition) is 4. The molecule has 106 valence electrons. The molecule has 1 aromatic heterocycles. The van der Waals surface area contributed by atoms with Gasteiger partial charge in [0.1, 0.15) is 11.6 Å². The van der Waals surface area contributed by atoms with Gasteiger partial charge in [-0.3, -0.25) is 0 Å². The first-order valence-corrected chi connectivity index (χ1v) is 7.07. The Balaban J connectivity index is 2.28. The summed E-state index contributed by atoms with van der Waals surface area (Å²) in [4.78, 5) is 16.1. The Kier molecular flexibility index (Phi) is 4.12. The quantitative estimate of drug-likeness (QED) is 0.850. The summed E-state index contributed by atoms with van der Waals surface area (Å²) >= 11 is 0. The second-order valence-corrected chi connectivity index (χ2v) is 5.27. The molecule has 1 saturated carbocycles. The van der Waals surface area contributed by atoms with Crippen LogP contribution < -0.4 is 5.73 Å². The second-order valence-electron chi connectivity index (χ2n) is 5.27. The van der Waals surface area contributed by atoms with Gasteiger partial charge in [0.05, 0.1) is 6.61 Å². The van der Waals surface area contributed by atoms with E-state index in [2.05, 4.69) is 11.9 Å². The second kappa shape index (κ2) is 5.63. The van der Waals surface area contributed by atoms with Crippen LogP contribution in [-0.4, -0.2) is 22.1 Å². The van der Waals surface area contributed by atoms with Crippen molar-refractivity contribution in [2.75, 3.05) is 12.3 Å². The minimum absolute atomic E-state index is 0.254. The molecule has 2 N–H and O–H groups in total. The fourth-order valence-electron chi connectivity index (χ4n) is 3.08. The number of nitrogens with zero attached hydrogens (tertiary/aromatic N) is 2. The normalized spacial score (nSPS) is 17.6. The highest BCUT2D eigenvalue weighted by atomic mass is 16.5. The van der Waals surface area contributed by atoms with Crippen molar-refractivity contribution in [1.29, 1.82) is 0 Å². The fourth-order valence-corrected chi connectivity index (χ4v) is 3.08. The standard InChI is InChI=1S/C14H23N3O2/c1-4-19-14(18)12-13(15)17(10(3)16-12)9(2)11-7-5-6-8-11/h9,11H,4-8,15H2,1-3H3. The van der Waals surface area contributed by atoms with E-state index in [1.807, 2.05) is 11.5 Å². The number of rotatable bonds is 4. The molecule has 0 bridgehead atoms. The highest BCUT2D eigenvalue weighted by molar-refractivity contribution is 5.92. The van der Waals surface area contributed by atoms with Crippen LogP contribution in [0.1, 0.15) is 61.9 Å². The monoisotopic (exact) mass is 265 g/mol. The number of ether oxygens (including phenoxy) is 1. The summed E-state index contributed by atoms with van der Waals surface area (Å²) in [5.74, 6) is 1.43. The number of imidazole rings is 1.